The lowest BCUT2D eigenvalue weighted by Crippen LogP contribution is -2.04. The van der Waals surface area contributed by atoms with Crippen molar-refractivity contribution in [3.8, 4) is 22.5 Å². The van der Waals surface area contributed by atoms with E-state index in [1.807, 2.05) is 61.5 Å². The lowest BCUT2D eigenvalue weighted by molar-refractivity contribution is 0.0492. The zero-order valence-electron chi connectivity index (χ0n) is 13.5. The van der Waals surface area contributed by atoms with E-state index in [1.165, 1.54) is 5.56 Å². The van der Waals surface area contributed by atoms with Gasteiger partial charge in [0.15, 0.2) is 0 Å². The Morgan fingerprint density at radius 3 is 2.29 bits per heavy atom. The Morgan fingerprint density at radius 2 is 1.67 bits per heavy atom. The quantitative estimate of drug-likeness (QED) is 0.528. The molecule has 0 saturated heterocycles. The van der Waals surface area contributed by atoms with E-state index in [0.717, 1.165) is 21.2 Å². The van der Waals surface area contributed by atoms with E-state index in [1.54, 1.807) is 6.92 Å². The first-order chi connectivity index (χ1) is 11.6. The smallest absolute Gasteiger partial charge is 0.374 e. The van der Waals surface area contributed by atoms with Crippen LogP contribution in [0.3, 0.4) is 0 Å². The van der Waals surface area contributed by atoms with Crippen molar-refractivity contribution in [3.05, 3.63) is 70.4 Å². The molecule has 0 saturated carbocycles. The summed E-state index contributed by atoms with van der Waals surface area (Å²) in [5.74, 6) is 0.430. The third kappa shape index (κ3) is 3.44. The summed E-state index contributed by atoms with van der Waals surface area (Å²) < 4.78 is 12.0. The molecule has 0 spiro atoms. The molecule has 0 radical (unpaired) electrons. The minimum atomic E-state index is -0.450. The van der Waals surface area contributed by atoms with Gasteiger partial charge in [0, 0.05) is 15.6 Å². The van der Waals surface area contributed by atoms with E-state index in [9.17, 15) is 4.79 Å². The van der Waals surface area contributed by atoms with E-state index < -0.39 is 5.97 Å². The average molecular weight is 385 g/mol. The van der Waals surface area contributed by atoms with Crippen molar-refractivity contribution < 1.29 is 13.9 Å². The van der Waals surface area contributed by atoms with Crippen LogP contribution in [0.2, 0.25) is 0 Å². The highest BCUT2D eigenvalue weighted by molar-refractivity contribution is 9.10. The minimum Gasteiger partial charge on any atom is -0.460 e. The Kier molecular flexibility index (Phi) is 4.86. The van der Waals surface area contributed by atoms with E-state index in [2.05, 4.69) is 15.9 Å². The molecule has 1 aromatic heterocycles. The third-order valence-electron chi connectivity index (χ3n) is 3.68. The Balaban J connectivity index is 2.10. The number of carbonyl (C=O) groups is 1. The van der Waals surface area contributed by atoms with Gasteiger partial charge in [-0.15, -0.1) is 0 Å². The van der Waals surface area contributed by atoms with Crippen molar-refractivity contribution in [3.63, 3.8) is 0 Å². The average Bonchev–Trinajstić information content (AvgIpc) is 3.02. The van der Waals surface area contributed by atoms with Gasteiger partial charge in [0.1, 0.15) is 5.76 Å². The Hall–Kier alpha value is -2.33. The predicted molar refractivity (Wildman–Crippen MR) is 98.0 cm³/mol. The maximum absolute atomic E-state index is 12.3. The van der Waals surface area contributed by atoms with E-state index >= 15 is 0 Å². The number of halogens is 1. The van der Waals surface area contributed by atoms with Crippen LogP contribution in [0.4, 0.5) is 0 Å². The first kappa shape index (κ1) is 16.5. The topological polar surface area (TPSA) is 39.4 Å². The second-order valence-electron chi connectivity index (χ2n) is 5.45. The highest BCUT2D eigenvalue weighted by atomic mass is 79.9. The van der Waals surface area contributed by atoms with E-state index in [-0.39, 0.29) is 5.76 Å². The lowest BCUT2D eigenvalue weighted by atomic mass is 10.0. The monoisotopic (exact) mass is 384 g/mol. The number of carbonyl (C=O) groups excluding carboxylic acids is 1. The van der Waals surface area contributed by atoms with Crippen molar-refractivity contribution in [1.29, 1.82) is 0 Å². The molecule has 0 N–H and O–H groups in total. The standard InChI is InChI=1S/C20H17BrO3/c1-3-23-20(22)19-17(14-8-10-16(21)11-9-14)12-18(24-19)15-6-4-13(2)5-7-15/h4-12H,3H2,1-2H3. The zero-order chi connectivity index (χ0) is 17.1. The van der Waals surface area contributed by atoms with Gasteiger partial charge in [-0.3, -0.25) is 0 Å². The van der Waals surface area contributed by atoms with Crippen LogP contribution < -0.4 is 0 Å². The number of ether oxygens (including phenoxy) is 1. The van der Waals surface area contributed by atoms with Crippen LogP contribution in [0, 0.1) is 6.92 Å². The van der Waals surface area contributed by atoms with Gasteiger partial charge in [-0.25, -0.2) is 4.79 Å². The molecule has 24 heavy (non-hydrogen) atoms. The highest BCUT2D eigenvalue weighted by Crippen LogP contribution is 2.34. The number of rotatable bonds is 4. The number of benzene rings is 2. The molecule has 0 aliphatic rings. The largest absolute Gasteiger partial charge is 0.460 e. The van der Waals surface area contributed by atoms with Crippen LogP contribution in [-0.2, 0) is 4.74 Å². The highest BCUT2D eigenvalue weighted by Gasteiger charge is 2.21. The summed E-state index contributed by atoms with van der Waals surface area (Å²) in [6.07, 6.45) is 0. The van der Waals surface area contributed by atoms with Gasteiger partial charge in [0.2, 0.25) is 5.76 Å². The number of esters is 1. The van der Waals surface area contributed by atoms with Gasteiger partial charge < -0.3 is 9.15 Å². The molecule has 122 valence electrons. The van der Waals surface area contributed by atoms with Crippen molar-refractivity contribution in [2.24, 2.45) is 0 Å². The van der Waals surface area contributed by atoms with Gasteiger partial charge >= 0.3 is 5.97 Å². The molecule has 0 aliphatic heterocycles. The van der Waals surface area contributed by atoms with Crippen molar-refractivity contribution in [2.45, 2.75) is 13.8 Å². The van der Waals surface area contributed by atoms with Gasteiger partial charge in [0.05, 0.1) is 6.61 Å². The van der Waals surface area contributed by atoms with Crippen molar-refractivity contribution >= 4 is 21.9 Å². The van der Waals surface area contributed by atoms with E-state index in [0.29, 0.717) is 12.4 Å². The molecule has 3 nitrogen and oxygen atoms in total. The first-order valence-electron chi connectivity index (χ1n) is 7.72. The number of hydrogen-bond acceptors (Lipinski definition) is 3. The fraction of sp³-hybridized carbons (Fsp3) is 0.150. The maximum Gasteiger partial charge on any atom is 0.374 e. The summed E-state index contributed by atoms with van der Waals surface area (Å²) in [6, 6.07) is 17.6. The number of furan rings is 1. The Bertz CT molecular complexity index is 846. The lowest BCUT2D eigenvalue weighted by Gasteiger charge is -2.02. The molecular weight excluding hydrogens is 368 g/mol. The predicted octanol–water partition coefficient (Wildman–Crippen LogP) is 5.86. The molecule has 3 aromatic rings. The van der Waals surface area contributed by atoms with Crippen LogP contribution in [0.15, 0.2) is 63.5 Å². The van der Waals surface area contributed by atoms with Crippen LogP contribution >= 0.6 is 15.9 Å². The summed E-state index contributed by atoms with van der Waals surface area (Å²) in [5, 5.41) is 0. The summed E-state index contributed by atoms with van der Waals surface area (Å²) >= 11 is 3.42. The molecule has 0 fully saturated rings. The van der Waals surface area contributed by atoms with Crippen molar-refractivity contribution in [2.75, 3.05) is 6.61 Å². The van der Waals surface area contributed by atoms with Crippen LogP contribution in [0.5, 0.6) is 0 Å². The Labute approximate surface area is 149 Å². The molecule has 4 heteroatoms. The molecular formula is C20H17BrO3. The van der Waals surface area contributed by atoms with Gasteiger partial charge in [-0.1, -0.05) is 57.9 Å². The van der Waals surface area contributed by atoms with Crippen LogP contribution in [0.1, 0.15) is 23.0 Å². The molecule has 0 unspecified atom stereocenters. The maximum atomic E-state index is 12.3. The second kappa shape index (κ2) is 7.05. The normalized spacial score (nSPS) is 10.6. The molecule has 0 atom stereocenters. The summed E-state index contributed by atoms with van der Waals surface area (Å²) in [6.45, 7) is 4.11. The van der Waals surface area contributed by atoms with Crippen LogP contribution in [-0.4, -0.2) is 12.6 Å². The summed E-state index contributed by atoms with van der Waals surface area (Å²) in [7, 11) is 0. The fourth-order valence-corrected chi connectivity index (χ4v) is 2.71. The van der Waals surface area contributed by atoms with Gasteiger partial charge in [-0.05, 0) is 37.6 Å². The Morgan fingerprint density at radius 1 is 1.04 bits per heavy atom. The summed E-state index contributed by atoms with van der Waals surface area (Å²) in [4.78, 5) is 12.3. The third-order valence-corrected chi connectivity index (χ3v) is 4.21. The summed E-state index contributed by atoms with van der Waals surface area (Å²) in [5.41, 5.74) is 3.73. The minimum absolute atomic E-state index is 0.231. The molecule has 3 rings (SSSR count). The molecule has 1 heterocycles. The second-order valence-corrected chi connectivity index (χ2v) is 6.36. The molecule has 0 amide bonds. The molecule has 0 aliphatic carbocycles. The molecule has 2 aromatic carbocycles. The van der Waals surface area contributed by atoms with Gasteiger partial charge in [0.25, 0.3) is 0 Å². The zero-order valence-corrected chi connectivity index (χ0v) is 15.1. The van der Waals surface area contributed by atoms with Crippen LogP contribution in [0.25, 0.3) is 22.5 Å². The molecule has 0 bridgehead atoms. The number of aryl methyl sites for hydroxylation is 1. The SMILES string of the molecule is CCOC(=O)c1oc(-c2ccc(C)cc2)cc1-c1ccc(Br)cc1. The first-order valence-corrected chi connectivity index (χ1v) is 8.51. The fourth-order valence-electron chi connectivity index (χ4n) is 2.44. The number of hydrogen-bond donors (Lipinski definition) is 0. The van der Waals surface area contributed by atoms with Crippen molar-refractivity contribution in [1.82, 2.24) is 0 Å². The van der Waals surface area contributed by atoms with E-state index in [4.69, 9.17) is 9.15 Å². The van der Waals surface area contributed by atoms with Gasteiger partial charge in [-0.2, -0.15) is 0 Å².